The van der Waals surface area contributed by atoms with Crippen LogP contribution in [0, 0.1) is 13.8 Å². The average Bonchev–Trinajstić information content (AvgIpc) is 3.40. The molecule has 0 bridgehead atoms. The Morgan fingerprint density at radius 2 is 1.45 bits per heavy atom. The summed E-state index contributed by atoms with van der Waals surface area (Å²) < 4.78 is 97.4. The summed E-state index contributed by atoms with van der Waals surface area (Å²) >= 11 is 0. The smallest absolute Gasteiger partial charge is 0.296 e. The van der Waals surface area contributed by atoms with Crippen molar-refractivity contribution < 1.29 is 44.0 Å². The molecule has 4 aromatic carbocycles. The van der Waals surface area contributed by atoms with E-state index in [0.29, 0.717) is 5.56 Å². The van der Waals surface area contributed by atoms with Gasteiger partial charge in [0.05, 0.1) is 32.1 Å². The average molecular weight is 702 g/mol. The van der Waals surface area contributed by atoms with Gasteiger partial charge in [-0.1, -0.05) is 17.3 Å². The maximum absolute atomic E-state index is 12.4. The molecule has 0 aliphatic heterocycles. The van der Waals surface area contributed by atoms with Crippen molar-refractivity contribution in [3.05, 3.63) is 66.0 Å². The van der Waals surface area contributed by atoms with Crippen LogP contribution in [0.3, 0.4) is 0 Å². The SMILES string of the molecule is Cc1noc(-c2cc(S(=O)(=O)O)ccc2N=Nc2c(S(=O)(=O)O)cc3cc(C)c(N=Nc4ccccc4S(C)(=O)=O)c(N)c3c2O)n1. The molecule has 0 saturated carbocycles. The molecule has 0 saturated heterocycles. The van der Waals surface area contributed by atoms with Crippen molar-refractivity contribution in [3.8, 4) is 17.2 Å². The quantitative estimate of drug-likeness (QED) is 0.0881. The number of phenolic OH excluding ortho intramolecular Hbond substituents is 1. The Kier molecular flexibility index (Phi) is 8.41. The maximum atomic E-state index is 12.4. The van der Waals surface area contributed by atoms with Crippen LogP contribution in [-0.2, 0) is 30.1 Å². The van der Waals surface area contributed by atoms with Crippen molar-refractivity contribution in [1.29, 1.82) is 0 Å². The van der Waals surface area contributed by atoms with E-state index in [9.17, 15) is 39.5 Å². The van der Waals surface area contributed by atoms with E-state index in [2.05, 4.69) is 30.6 Å². The minimum absolute atomic E-state index is 0.00782. The highest BCUT2D eigenvalue weighted by Gasteiger charge is 2.25. The molecular weight excluding hydrogens is 679 g/mol. The first kappa shape index (κ1) is 33.2. The van der Waals surface area contributed by atoms with Crippen LogP contribution in [0.1, 0.15) is 11.4 Å². The van der Waals surface area contributed by atoms with Crippen molar-refractivity contribution >= 4 is 69.3 Å². The molecule has 1 aromatic heterocycles. The van der Waals surface area contributed by atoms with Crippen molar-refractivity contribution in [3.63, 3.8) is 0 Å². The van der Waals surface area contributed by atoms with Crippen LogP contribution < -0.4 is 5.73 Å². The van der Waals surface area contributed by atoms with E-state index in [1.54, 1.807) is 13.0 Å². The molecule has 0 aliphatic carbocycles. The Bertz CT molecular complexity index is 2490. The lowest BCUT2D eigenvalue weighted by Crippen LogP contribution is -2.00. The fraction of sp³-hybridized carbons (Fsp3) is 0.111. The number of hydrogen-bond acceptors (Lipinski definition) is 15. The topological polar surface area (TPSA) is 277 Å². The lowest BCUT2D eigenvalue weighted by Gasteiger charge is -2.14. The zero-order valence-corrected chi connectivity index (χ0v) is 26.8. The second kappa shape index (κ2) is 11.9. The molecule has 1 heterocycles. The Morgan fingerprint density at radius 3 is 2.06 bits per heavy atom. The lowest BCUT2D eigenvalue weighted by atomic mass is 10.0. The van der Waals surface area contributed by atoms with Gasteiger partial charge in [0.25, 0.3) is 26.1 Å². The summed E-state index contributed by atoms with van der Waals surface area (Å²) in [6, 6.07) is 11.3. The predicted molar refractivity (Wildman–Crippen MR) is 167 cm³/mol. The van der Waals surface area contributed by atoms with Gasteiger partial charge in [-0.15, -0.1) is 20.5 Å². The van der Waals surface area contributed by atoms with Crippen molar-refractivity contribution in [1.82, 2.24) is 10.1 Å². The zero-order valence-electron chi connectivity index (χ0n) is 24.4. The number of nitrogens with two attached hydrogens (primary N) is 1. The molecule has 0 amide bonds. The third-order valence-corrected chi connectivity index (χ3v) is 9.48. The van der Waals surface area contributed by atoms with Gasteiger partial charge in [-0.05, 0) is 67.3 Å². The number of anilines is 1. The molecule has 5 rings (SSSR count). The predicted octanol–water partition coefficient (Wildman–Crippen LogP) is 5.52. The van der Waals surface area contributed by atoms with E-state index in [1.807, 2.05) is 0 Å². The standard InChI is InChI=1S/C27H23N7O10S3/c1-13-10-15-11-21(47(41,42)43)25(33-30-18-9-8-16(46(38,39)40)12-17(18)27-29-14(2)34-44-27)26(35)22(15)23(28)24(13)32-31-19-6-4-5-7-20(19)45(3,36)37/h4-12,35H,28H2,1-3H3,(H,38,39,40)(H,41,42,43). The van der Waals surface area contributed by atoms with Crippen LogP contribution in [0.15, 0.2) is 94.3 Å². The molecule has 17 nitrogen and oxygen atoms in total. The Hall–Kier alpha value is -5.15. The molecule has 0 atom stereocenters. The summed E-state index contributed by atoms with van der Waals surface area (Å²) in [5.74, 6) is -0.902. The molecule has 0 spiro atoms. The number of sulfone groups is 1. The fourth-order valence-corrected chi connectivity index (χ4v) is 6.49. The number of benzene rings is 4. The lowest BCUT2D eigenvalue weighted by molar-refractivity contribution is 0.425. The molecule has 0 unspecified atom stereocenters. The van der Waals surface area contributed by atoms with Crippen LogP contribution >= 0.6 is 0 Å². The van der Waals surface area contributed by atoms with Gasteiger partial charge in [-0.2, -0.15) is 21.8 Å². The normalized spacial score (nSPS) is 12.9. The number of nitrogens with zero attached hydrogens (tertiary/aromatic N) is 6. The summed E-state index contributed by atoms with van der Waals surface area (Å²) in [4.78, 5) is 2.51. The van der Waals surface area contributed by atoms with Crippen LogP contribution in [0.4, 0.5) is 28.4 Å². The summed E-state index contributed by atoms with van der Waals surface area (Å²) in [6.07, 6.45) is 1.01. The van der Waals surface area contributed by atoms with Gasteiger partial charge in [-0.25, -0.2) is 8.42 Å². The largest absolute Gasteiger partial charge is 0.505 e. The van der Waals surface area contributed by atoms with E-state index in [-0.39, 0.29) is 55.7 Å². The van der Waals surface area contributed by atoms with E-state index >= 15 is 0 Å². The second-order valence-corrected chi connectivity index (χ2v) is 14.8. The number of rotatable bonds is 8. The van der Waals surface area contributed by atoms with Gasteiger partial charge in [0.1, 0.15) is 22.0 Å². The summed E-state index contributed by atoms with van der Waals surface area (Å²) in [5, 5.41) is 30.8. The van der Waals surface area contributed by atoms with Crippen molar-refractivity contribution in [2.24, 2.45) is 20.5 Å². The third-order valence-electron chi connectivity index (χ3n) is 6.62. The molecule has 20 heteroatoms. The monoisotopic (exact) mass is 701 g/mol. The van der Waals surface area contributed by atoms with Crippen LogP contribution in [0.25, 0.3) is 22.2 Å². The molecule has 47 heavy (non-hydrogen) atoms. The third kappa shape index (κ3) is 6.71. The number of aryl methyl sites for hydroxylation is 2. The highest BCUT2D eigenvalue weighted by molar-refractivity contribution is 7.90. The van der Waals surface area contributed by atoms with Crippen molar-refractivity contribution in [2.75, 3.05) is 12.0 Å². The summed E-state index contributed by atoms with van der Waals surface area (Å²) in [5.41, 5.74) is 5.50. The number of azo groups is 2. The van der Waals surface area contributed by atoms with Gasteiger partial charge < -0.3 is 15.4 Å². The minimum Gasteiger partial charge on any atom is -0.505 e. The van der Waals surface area contributed by atoms with E-state index in [0.717, 1.165) is 30.5 Å². The first-order valence-corrected chi connectivity index (χ1v) is 17.7. The molecule has 5 aromatic rings. The van der Waals surface area contributed by atoms with E-state index < -0.39 is 51.3 Å². The minimum atomic E-state index is -5.04. The zero-order chi connectivity index (χ0) is 34.5. The second-order valence-electron chi connectivity index (χ2n) is 10.0. The number of fused-ring (bicyclic) bond motifs is 1. The molecule has 0 aliphatic rings. The van der Waals surface area contributed by atoms with Gasteiger partial charge >= 0.3 is 0 Å². The number of phenols is 1. The maximum Gasteiger partial charge on any atom is 0.296 e. The number of hydrogen-bond donors (Lipinski definition) is 4. The fourth-order valence-electron chi connectivity index (χ4n) is 4.51. The number of nitrogen functional groups attached to an aromatic ring is 1. The molecule has 0 radical (unpaired) electrons. The summed E-state index contributed by atoms with van der Waals surface area (Å²) in [7, 11) is -13.4. The number of aromatic hydroxyl groups is 1. The van der Waals surface area contributed by atoms with E-state index in [1.165, 1.54) is 31.2 Å². The van der Waals surface area contributed by atoms with E-state index in [4.69, 9.17) is 10.3 Å². The molecule has 244 valence electrons. The van der Waals surface area contributed by atoms with Crippen LogP contribution in [0.2, 0.25) is 0 Å². The highest BCUT2D eigenvalue weighted by atomic mass is 32.2. The van der Waals surface area contributed by atoms with Gasteiger partial charge in [0.2, 0.25) is 0 Å². The van der Waals surface area contributed by atoms with Crippen LogP contribution in [-0.4, -0.2) is 55.9 Å². The molecular formula is C27H23N7O10S3. The first-order valence-electron chi connectivity index (χ1n) is 13.0. The summed E-state index contributed by atoms with van der Waals surface area (Å²) in [6.45, 7) is 3.04. The van der Waals surface area contributed by atoms with Crippen LogP contribution in [0.5, 0.6) is 5.75 Å². The van der Waals surface area contributed by atoms with Crippen molar-refractivity contribution in [2.45, 2.75) is 28.5 Å². The highest BCUT2D eigenvalue weighted by Crippen LogP contribution is 2.47. The number of aromatic nitrogens is 2. The Morgan fingerprint density at radius 1 is 0.787 bits per heavy atom. The van der Waals surface area contributed by atoms with Gasteiger partial charge in [-0.3, -0.25) is 9.11 Å². The Balaban J connectivity index is 1.71. The van der Waals surface area contributed by atoms with Gasteiger partial charge in [0, 0.05) is 6.26 Å². The van der Waals surface area contributed by atoms with Gasteiger partial charge in [0.15, 0.2) is 21.4 Å². The first-order chi connectivity index (χ1) is 21.9. The molecule has 5 N–H and O–H groups in total. The Labute approximate surface area is 266 Å². The molecule has 0 fully saturated rings.